The van der Waals surface area contributed by atoms with E-state index in [1.165, 1.54) is 12.2 Å². The number of esters is 1. The highest BCUT2D eigenvalue weighted by atomic mass is 16.8. The summed E-state index contributed by atoms with van der Waals surface area (Å²) in [4.78, 5) is 94.4. The van der Waals surface area contributed by atoms with Crippen LogP contribution in [0.1, 0.15) is 126 Å². The summed E-state index contributed by atoms with van der Waals surface area (Å²) in [6, 6.07) is 3.96. The molecule has 1 aromatic rings. The van der Waals surface area contributed by atoms with Crippen LogP contribution in [-0.2, 0) is 48.4 Å². The van der Waals surface area contributed by atoms with Crippen LogP contribution in [0.15, 0.2) is 48.1 Å². The molecule has 0 aromatic heterocycles. The molecule has 0 radical (unpaired) electrons. The van der Waals surface area contributed by atoms with Gasteiger partial charge in [0.15, 0.2) is 6.29 Å². The number of carbonyl (C=O) groups is 7. The van der Waals surface area contributed by atoms with E-state index in [-0.39, 0.29) is 49.6 Å². The lowest BCUT2D eigenvalue weighted by Crippen LogP contribution is -2.61. The molecular formula is C48H74N6O10. The topological polar surface area (TPSA) is 205 Å². The molecule has 1 aromatic carbocycles. The average molecular weight is 895 g/mol. The number of imide groups is 1. The molecule has 1 saturated heterocycles. The standard InChI is InChI=1S/C48H74N6O10/c1-28(2)33(27-29(3)40(58)51-32(21-24-36(57)63-46(7,8)9)37-44(62-37)64-47(10,11)12)53(16)43(61)39(45(4,5)6)52-42(60)38(49-15)48(13,14)31-19-17-30(18-20-31)41(59)50-25-26-54-34(55)22-23-35(54)56/h17-20,22-23,27-28,32-33,37-39,44,49H,21,24-26H2,1-16H3,(H,50,59)(H,51,58)(H,52,60)/b29-27+/t32-,33-,37?,38?,39-,44?/m1/s1. The Balaban J connectivity index is 1.75. The van der Waals surface area contributed by atoms with Crippen molar-refractivity contribution in [3.8, 4) is 0 Å². The van der Waals surface area contributed by atoms with Gasteiger partial charge in [-0.15, -0.1) is 0 Å². The van der Waals surface area contributed by atoms with Crippen molar-refractivity contribution in [3.05, 3.63) is 59.2 Å². The average Bonchev–Trinajstić information content (AvgIpc) is 3.85. The minimum atomic E-state index is -0.961. The Morgan fingerprint density at radius 3 is 1.94 bits per heavy atom. The van der Waals surface area contributed by atoms with Gasteiger partial charge in [0.05, 0.1) is 23.7 Å². The van der Waals surface area contributed by atoms with Crippen molar-refractivity contribution < 1.29 is 47.8 Å². The van der Waals surface area contributed by atoms with Gasteiger partial charge in [-0.2, -0.15) is 0 Å². The number of amides is 6. The Morgan fingerprint density at radius 2 is 1.44 bits per heavy atom. The van der Waals surface area contributed by atoms with E-state index in [2.05, 4.69) is 21.3 Å². The lowest BCUT2D eigenvalue weighted by Gasteiger charge is -2.40. The summed E-state index contributed by atoms with van der Waals surface area (Å²) in [6.45, 7) is 26.2. The molecular weight excluding hydrogens is 821 g/mol. The maximum absolute atomic E-state index is 14.5. The molecule has 16 nitrogen and oxygen atoms in total. The van der Waals surface area contributed by atoms with Gasteiger partial charge in [0.25, 0.3) is 17.7 Å². The van der Waals surface area contributed by atoms with Crippen molar-refractivity contribution in [3.63, 3.8) is 0 Å². The molecule has 6 atom stereocenters. The second kappa shape index (κ2) is 21.4. The Labute approximate surface area is 380 Å². The first-order chi connectivity index (χ1) is 29.4. The molecule has 356 valence electrons. The van der Waals surface area contributed by atoms with Gasteiger partial charge in [0.1, 0.15) is 17.7 Å². The minimum absolute atomic E-state index is 0.0474. The molecule has 0 saturated carbocycles. The SMILES string of the molecule is CNC(C(=O)N[C@H](C(=O)N(C)[C@H](/C=C(\C)C(=O)N[C@H](CCC(=O)OC(C)(C)C)C1OC1OC(C)(C)C)C(C)C)C(C)(C)C)C(C)(C)c1ccc(C(=O)NCCN2C(=O)C=CC2=O)cc1. The lowest BCUT2D eigenvalue weighted by molar-refractivity contribution is -0.155. The van der Waals surface area contributed by atoms with Crippen molar-refractivity contribution in [1.29, 1.82) is 0 Å². The number of hydrogen-bond acceptors (Lipinski definition) is 11. The first kappa shape index (κ1) is 53.4. The summed E-state index contributed by atoms with van der Waals surface area (Å²) >= 11 is 0. The van der Waals surface area contributed by atoms with E-state index in [9.17, 15) is 33.6 Å². The second-order valence-corrected chi connectivity index (χ2v) is 20.7. The normalized spacial score (nSPS) is 18.9. The van der Waals surface area contributed by atoms with E-state index in [0.717, 1.165) is 10.5 Å². The first-order valence-corrected chi connectivity index (χ1v) is 22.1. The highest BCUT2D eigenvalue weighted by molar-refractivity contribution is 6.12. The zero-order valence-electron chi connectivity index (χ0n) is 40.9. The van der Waals surface area contributed by atoms with Gasteiger partial charge in [0, 0.05) is 55.3 Å². The molecule has 2 aliphatic rings. The van der Waals surface area contributed by atoms with Crippen LogP contribution in [0.3, 0.4) is 0 Å². The third kappa shape index (κ3) is 15.1. The zero-order valence-corrected chi connectivity index (χ0v) is 40.9. The van der Waals surface area contributed by atoms with Crippen LogP contribution in [0, 0.1) is 11.3 Å². The highest BCUT2D eigenvalue weighted by Crippen LogP contribution is 2.33. The Morgan fingerprint density at radius 1 is 0.859 bits per heavy atom. The van der Waals surface area contributed by atoms with Gasteiger partial charge in [-0.05, 0) is 91.0 Å². The van der Waals surface area contributed by atoms with Crippen LogP contribution in [0.5, 0.6) is 0 Å². The van der Waals surface area contributed by atoms with Gasteiger partial charge in [-0.3, -0.25) is 38.5 Å². The predicted molar refractivity (Wildman–Crippen MR) is 244 cm³/mol. The summed E-state index contributed by atoms with van der Waals surface area (Å²) < 4.78 is 17.3. The summed E-state index contributed by atoms with van der Waals surface area (Å²) in [5, 5.41) is 11.9. The van der Waals surface area contributed by atoms with Crippen LogP contribution in [0.2, 0.25) is 0 Å². The number of ether oxygens (including phenoxy) is 3. The van der Waals surface area contributed by atoms with Gasteiger partial charge >= 0.3 is 5.97 Å². The first-order valence-electron chi connectivity index (χ1n) is 22.1. The number of rotatable bonds is 20. The van der Waals surface area contributed by atoms with E-state index in [1.54, 1.807) is 77.0 Å². The summed E-state index contributed by atoms with van der Waals surface area (Å²) in [6.07, 6.45) is 3.44. The van der Waals surface area contributed by atoms with E-state index >= 15 is 0 Å². The monoisotopic (exact) mass is 895 g/mol. The molecule has 3 rings (SSSR count). The quantitative estimate of drug-likeness (QED) is 0.0629. The van der Waals surface area contributed by atoms with Crippen molar-refractivity contribution in [2.24, 2.45) is 11.3 Å². The third-order valence-corrected chi connectivity index (χ3v) is 11.1. The summed E-state index contributed by atoms with van der Waals surface area (Å²) in [5.41, 5.74) is -1.21. The second-order valence-electron chi connectivity index (χ2n) is 20.7. The maximum Gasteiger partial charge on any atom is 0.306 e. The number of epoxide rings is 1. The molecule has 2 aliphatic heterocycles. The van der Waals surface area contributed by atoms with E-state index < -0.39 is 82.3 Å². The largest absolute Gasteiger partial charge is 0.460 e. The molecule has 0 spiro atoms. The minimum Gasteiger partial charge on any atom is -0.460 e. The van der Waals surface area contributed by atoms with Gasteiger partial charge in [-0.1, -0.05) is 66.7 Å². The fourth-order valence-electron chi connectivity index (χ4n) is 7.48. The fourth-order valence-corrected chi connectivity index (χ4v) is 7.48. The number of nitrogens with one attached hydrogen (secondary N) is 4. The van der Waals surface area contributed by atoms with E-state index in [1.807, 2.05) is 69.2 Å². The smallest absolute Gasteiger partial charge is 0.306 e. The Hall–Kier alpha value is -4.93. The van der Waals surface area contributed by atoms with Gasteiger partial charge in [-0.25, -0.2) is 0 Å². The summed E-state index contributed by atoms with van der Waals surface area (Å²) in [5.74, 6) is -2.88. The van der Waals surface area contributed by atoms with Gasteiger partial charge < -0.3 is 40.4 Å². The van der Waals surface area contributed by atoms with Crippen LogP contribution in [0.4, 0.5) is 0 Å². The van der Waals surface area contributed by atoms with Crippen molar-refractivity contribution in [1.82, 2.24) is 31.1 Å². The maximum atomic E-state index is 14.5. The Bertz CT molecular complexity index is 1920. The van der Waals surface area contributed by atoms with E-state index in [4.69, 9.17) is 14.2 Å². The van der Waals surface area contributed by atoms with Crippen molar-refractivity contribution in [2.45, 2.75) is 163 Å². The molecule has 64 heavy (non-hydrogen) atoms. The highest BCUT2D eigenvalue weighted by Gasteiger charge is 2.49. The van der Waals surface area contributed by atoms with Crippen LogP contribution >= 0.6 is 0 Å². The van der Waals surface area contributed by atoms with Crippen LogP contribution in [-0.4, -0.2) is 126 Å². The number of hydrogen-bond donors (Lipinski definition) is 4. The molecule has 1 fully saturated rings. The zero-order chi connectivity index (χ0) is 48.7. The predicted octanol–water partition coefficient (Wildman–Crippen LogP) is 4.31. The van der Waals surface area contributed by atoms with Crippen LogP contribution < -0.4 is 21.3 Å². The molecule has 16 heteroatoms. The van der Waals surface area contributed by atoms with Crippen molar-refractivity contribution >= 4 is 41.4 Å². The molecule has 2 heterocycles. The summed E-state index contributed by atoms with van der Waals surface area (Å²) in [7, 11) is 3.33. The molecule has 0 aliphatic carbocycles. The molecule has 0 bridgehead atoms. The Kier molecular flexibility index (Phi) is 17.8. The van der Waals surface area contributed by atoms with E-state index in [0.29, 0.717) is 11.1 Å². The van der Waals surface area contributed by atoms with Crippen molar-refractivity contribution in [2.75, 3.05) is 27.2 Å². The molecule has 4 N–H and O–H groups in total. The van der Waals surface area contributed by atoms with Gasteiger partial charge in [0.2, 0.25) is 17.7 Å². The number of benzene rings is 1. The molecule has 3 unspecified atom stereocenters. The lowest BCUT2D eigenvalue weighted by atomic mass is 9.76. The number of carbonyl (C=O) groups excluding carboxylic acids is 7. The molecule has 6 amide bonds. The number of nitrogens with zero attached hydrogens (tertiary/aromatic N) is 2. The fraction of sp³-hybridized carbons (Fsp3) is 0.646. The third-order valence-electron chi connectivity index (χ3n) is 11.1. The number of likely N-dealkylation sites (N-methyl/N-ethyl adjacent to an activating group) is 2. The van der Waals surface area contributed by atoms with Crippen LogP contribution in [0.25, 0.3) is 0 Å².